The third-order valence-corrected chi connectivity index (χ3v) is 2.62. The fraction of sp³-hybridized carbons (Fsp3) is 0.909. The molecule has 0 aromatic carbocycles. The molecule has 1 aliphatic rings. The number of ether oxygens (including phenoxy) is 1. The van der Waals surface area contributed by atoms with Gasteiger partial charge in [-0.15, -0.1) is 0 Å². The molecule has 1 atom stereocenters. The molecule has 0 saturated carbocycles. The van der Waals surface area contributed by atoms with Gasteiger partial charge in [-0.3, -0.25) is 4.79 Å². The van der Waals surface area contributed by atoms with Crippen LogP contribution in [0.25, 0.3) is 0 Å². The molecule has 2 N–H and O–H groups in total. The van der Waals surface area contributed by atoms with Crippen molar-refractivity contribution in [3.63, 3.8) is 0 Å². The summed E-state index contributed by atoms with van der Waals surface area (Å²) in [5.74, 6) is 0.133. The van der Waals surface area contributed by atoms with Gasteiger partial charge in [0, 0.05) is 25.6 Å². The molecule has 1 aliphatic heterocycles. The molecule has 1 rings (SSSR count). The molecular weight excluding hydrogens is 192 g/mol. The summed E-state index contributed by atoms with van der Waals surface area (Å²) in [6, 6.07) is 0.380. The average molecular weight is 214 g/mol. The van der Waals surface area contributed by atoms with Crippen molar-refractivity contribution in [1.82, 2.24) is 10.6 Å². The number of rotatable bonds is 6. The van der Waals surface area contributed by atoms with Gasteiger partial charge in [0.05, 0.1) is 6.61 Å². The van der Waals surface area contributed by atoms with Gasteiger partial charge in [0.15, 0.2) is 0 Å². The van der Waals surface area contributed by atoms with Crippen LogP contribution in [-0.2, 0) is 9.53 Å². The summed E-state index contributed by atoms with van der Waals surface area (Å²) in [6.07, 6.45) is 4.21. The van der Waals surface area contributed by atoms with E-state index in [9.17, 15) is 4.79 Å². The normalized spacial score (nSPS) is 21.3. The zero-order valence-electron chi connectivity index (χ0n) is 9.55. The minimum Gasteiger partial charge on any atom is -0.380 e. The molecule has 1 unspecified atom stereocenters. The maximum absolute atomic E-state index is 11.5. The Balaban J connectivity index is 2.01. The molecule has 1 heterocycles. The first-order valence-electron chi connectivity index (χ1n) is 5.90. The molecular formula is C11H22N2O2. The minimum absolute atomic E-state index is 0.133. The van der Waals surface area contributed by atoms with E-state index in [1.807, 2.05) is 6.92 Å². The van der Waals surface area contributed by atoms with Crippen molar-refractivity contribution >= 4 is 5.91 Å². The number of nitrogens with one attached hydrogen (secondary N) is 2. The summed E-state index contributed by atoms with van der Waals surface area (Å²) in [5.41, 5.74) is 0. The van der Waals surface area contributed by atoms with E-state index in [4.69, 9.17) is 4.74 Å². The zero-order chi connectivity index (χ0) is 10.9. The monoisotopic (exact) mass is 214 g/mol. The van der Waals surface area contributed by atoms with Crippen LogP contribution in [-0.4, -0.2) is 38.3 Å². The van der Waals surface area contributed by atoms with Crippen LogP contribution in [0, 0.1) is 0 Å². The highest BCUT2D eigenvalue weighted by Crippen LogP contribution is 2.09. The Morgan fingerprint density at radius 3 is 3.07 bits per heavy atom. The van der Waals surface area contributed by atoms with Crippen molar-refractivity contribution < 1.29 is 9.53 Å². The van der Waals surface area contributed by atoms with E-state index < -0.39 is 0 Å². The van der Waals surface area contributed by atoms with E-state index in [0.717, 1.165) is 13.0 Å². The van der Waals surface area contributed by atoms with Crippen LogP contribution in [0.2, 0.25) is 0 Å². The second kappa shape index (κ2) is 7.65. The van der Waals surface area contributed by atoms with Gasteiger partial charge in [0.2, 0.25) is 5.91 Å². The van der Waals surface area contributed by atoms with E-state index in [1.54, 1.807) is 0 Å². The first-order valence-corrected chi connectivity index (χ1v) is 5.90. The van der Waals surface area contributed by atoms with Crippen molar-refractivity contribution in [2.24, 2.45) is 0 Å². The highest BCUT2D eigenvalue weighted by molar-refractivity contribution is 5.76. The van der Waals surface area contributed by atoms with Crippen LogP contribution < -0.4 is 10.6 Å². The first kappa shape index (κ1) is 12.5. The van der Waals surface area contributed by atoms with Gasteiger partial charge in [0.1, 0.15) is 0 Å². The van der Waals surface area contributed by atoms with Crippen LogP contribution in [0.3, 0.4) is 0 Å². The maximum Gasteiger partial charge on any atom is 0.221 e. The number of carbonyl (C=O) groups excluding carboxylic acids is 1. The van der Waals surface area contributed by atoms with Crippen molar-refractivity contribution in [2.75, 3.05) is 26.3 Å². The molecule has 1 saturated heterocycles. The standard InChI is InChI=1S/C11H22N2O2/c1-2-15-8-7-13-11(14)9-10-5-3-4-6-12-10/h10,12H,2-9H2,1H3,(H,13,14). The first-order chi connectivity index (χ1) is 7.33. The Morgan fingerprint density at radius 1 is 1.53 bits per heavy atom. The molecule has 4 heteroatoms. The van der Waals surface area contributed by atoms with Gasteiger partial charge in [-0.2, -0.15) is 0 Å². The average Bonchev–Trinajstić information content (AvgIpc) is 2.26. The molecule has 0 spiro atoms. The Bertz CT molecular complexity index is 179. The minimum atomic E-state index is 0.133. The molecule has 0 aromatic heterocycles. The van der Waals surface area contributed by atoms with Gasteiger partial charge >= 0.3 is 0 Å². The number of carbonyl (C=O) groups is 1. The van der Waals surface area contributed by atoms with Gasteiger partial charge in [-0.05, 0) is 26.3 Å². The van der Waals surface area contributed by atoms with E-state index in [0.29, 0.717) is 32.2 Å². The van der Waals surface area contributed by atoms with Crippen LogP contribution >= 0.6 is 0 Å². The predicted molar refractivity (Wildman–Crippen MR) is 59.8 cm³/mol. The van der Waals surface area contributed by atoms with Gasteiger partial charge in [-0.25, -0.2) is 0 Å². The van der Waals surface area contributed by atoms with Gasteiger partial charge in [0.25, 0.3) is 0 Å². The largest absolute Gasteiger partial charge is 0.380 e. The molecule has 0 aromatic rings. The van der Waals surface area contributed by atoms with Crippen LogP contribution in [0.4, 0.5) is 0 Å². The molecule has 1 amide bonds. The molecule has 0 radical (unpaired) electrons. The summed E-state index contributed by atoms with van der Waals surface area (Å²) < 4.78 is 5.14. The Labute approximate surface area is 91.8 Å². The lowest BCUT2D eigenvalue weighted by atomic mass is 10.0. The lowest BCUT2D eigenvalue weighted by Gasteiger charge is -2.22. The summed E-state index contributed by atoms with van der Waals surface area (Å²) in [4.78, 5) is 11.5. The Morgan fingerprint density at radius 2 is 2.40 bits per heavy atom. The smallest absolute Gasteiger partial charge is 0.221 e. The van der Waals surface area contributed by atoms with E-state index in [-0.39, 0.29) is 5.91 Å². The van der Waals surface area contributed by atoms with Gasteiger partial charge in [-0.1, -0.05) is 6.42 Å². The van der Waals surface area contributed by atoms with E-state index >= 15 is 0 Å². The maximum atomic E-state index is 11.5. The predicted octanol–water partition coefficient (Wildman–Crippen LogP) is 0.671. The number of amides is 1. The lowest BCUT2D eigenvalue weighted by Crippen LogP contribution is -2.39. The highest BCUT2D eigenvalue weighted by Gasteiger charge is 2.15. The zero-order valence-corrected chi connectivity index (χ0v) is 9.55. The second-order valence-electron chi connectivity index (χ2n) is 3.90. The van der Waals surface area contributed by atoms with Crippen molar-refractivity contribution in [1.29, 1.82) is 0 Å². The fourth-order valence-electron chi connectivity index (χ4n) is 1.80. The van der Waals surface area contributed by atoms with Crippen LogP contribution in [0.1, 0.15) is 32.6 Å². The van der Waals surface area contributed by atoms with Crippen molar-refractivity contribution in [2.45, 2.75) is 38.6 Å². The summed E-state index contributed by atoms with van der Waals surface area (Å²) in [5, 5.41) is 6.22. The fourth-order valence-corrected chi connectivity index (χ4v) is 1.80. The summed E-state index contributed by atoms with van der Waals surface area (Å²) in [7, 11) is 0. The highest BCUT2D eigenvalue weighted by atomic mass is 16.5. The third-order valence-electron chi connectivity index (χ3n) is 2.62. The molecule has 4 nitrogen and oxygen atoms in total. The third kappa shape index (κ3) is 5.74. The lowest BCUT2D eigenvalue weighted by molar-refractivity contribution is -0.121. The van der Waals surface area contributed by atoms with E-state index in [1.165, 1.54) is 12.8 Å². The van der Waals surface area contributed by atoms with Crippen molar-refractivity contribution in [3.05, 3.63) is 0 Å². The Kier molecular flexibility index (Phi) is 6.36. The van der Waals surface area contributed by atoms with Gasteiger partial charge < -0.3 is 15.4 Å². The molecule has 0 bridgehead atoms. The topological polar surface area (TPSA) is 50.4 Å². The number of piperidine rings is 1. The quantitative estimate of drug-likeness (QED) is 0.639. The summed E-state index contributed by atoms with van der Waals surface area (Å²) >= 11 is 0. The SMILES string of the molecule is CCOCCNC(=O)CC1CCCCN1. The molecule has 0 aliphatic carbocycles. The molecule has 15 heavy (non-hydrogen) atoms. The van der Waals surface area contributed by atoms with Crippen LogP contribution in [0.15, 0.2) is 0 Å². The number of hydrogen-bond donors (Lipinski definition) is 2. The molecule has 1 fully saturated rings. The number of hydrogen-bond acceptors (Lipinski definition) is 3. The van der Waals surface area contributed by atoms with Crippen LogP contribution in [0.5, 0.6) is 0 Å². The van der Waals surface area contributed by atoms with Crippen molar-refractivity contribution in [3.8, 4) is 0 Å². The Hall–Kier alpha value is -0.610. The molecule has 88 valence electrons. The van der Waals surface area contributed by atoms with E-state index in [2.05, 4.69) is 10.6 Å². The second-order valence-corrected chi connectivity index (χ2v) is 3.90. The summed E-state index contributed by atoms with van der Waals surface area (Å²) in [6.45, 7) is 4.95.